The monoisotopic (exact) mass is 547 g/mol. The summed E-state index contributed by atoms with van der Waals surface area (Å²) in [5, 5.41) is 8.67. The van der Waals surface area contributed by atoms with Crippen LogP contribution in [0.4, 0.5) is 10.3 Å². The summed E-state index contributed by atoms with van der Waals surface area (Å²) < 4.78 is 71.0. The summed E-state index contributed by atoms with van der Waals surface area (Å²) in [5.41, 5.74) is 0.744. The van der Waals surface area contributed by atoms with Crippen molar-refractivity contribution in [3.8, 4) is 34.6 Å². The van der Waals surface area contributed by atoms with Gasteiger partial charge >= 0.3 is 0 Å². The van der Waals surface area contributed by atoms with E-state index in [1.54, 1.807) is 41.0 Å². The summed E-state index contributed by atoms with van der Waals surface area (Å²) in [4.78, 5) is 5.82. The minimum Gasteiger partial charge on any atom is -0.494 e. The first-order chi connectivity index (χ1) is 18.2. The largest absolute Gasteiger partial charge is 0.494 e. The highest BCUT2D eigenvalue weighted by Gasteiger charge is 2.35. The van der Waals surface area contributed by atoms with Crippen molar-refractivity contribution in [3.63, 3.8) is 0 Å². The van der Waals surface area contributed by atoms with Crippen LogP contribution in [-0.4, -0.2) is 79.1 Å². The van der Waals surface area contributed by atoms with E-state index in [0.29, 0.717) is 28.8 Å². The zero-order chi connectivity index (χ0) is 27.4. The number of aromatic nitrogens is 4. The summed E-state index contributed by atoms with van der Waals surface area (Å²) in [6, 6.07) is 9.30. The molecule has 2 aromatic heterocycles. The van der Waals surface area contributed by atoms with Crippen LogP contribution in [0.1, 0.15) is 0 Å². The van der Waals surface area contributed by atoms with Gasteiger partial charge in [0.05, 0.1) is 33.5 Å². The molecule has 3 heterocycles. The van der Waals surface area contributed by atoms with Gasteiger partial charge in [-0.25, -0.2) is 9.37 Å². The molecule has 0 bridgehead atoms. The molecule has 0 fully saturated rings. The zero-order valence-corrected chi connectivity index (χ0v) is 21.8. The van der Waals surface area contributed by atoms with Gasteiger partial charge in [-0.3, -0.25) is 9.12 Å². The average Bonchev–Trinajstić information content (AvgIpc) is 3.35. The Morgan fingerprint density at radius 1 is 1.03 bits per heavy atom. The molecule has 4 rings (SSSR count). The minimum atomic E-state index is -4.44. The molecular weight excluding hydrogens is 521 g/mol. The summed E-state index contributed by atoms with van der Waals surface area (Å²) in [6.07, 6.45) is 2.61. The van der Waals surface area contributed by atoms with Crippen molar-refractivity contribution in [1.29, 1.82) is 0 Å². The molecule has 202 valence electrons. The van der Waals surface area contributed by atoms with Crippen molar-refractivity contribution in [2.45, 2.75) is 12.1 Å². The molecule has 12 nitrogen and oxygen atoms in total. The lowest BCUT2D eigenvalue weighted by molar-refractivity contribution is 0.107. The van der Waals surface area contributed by atoms with Crippen molar-refractivity contribution in [1.82, 2.24) is 19.7 Å². The van der Waals surface area contributed by atoms with Crippen molar-refractivity contribution in [3.05, 3.63) is 60.6 Å². The fourth-order valence-corrected chi connectivity index (χ4v) is 4.82. The Morgan fingerprint density at radius 3 is 2.32 bits per heavy atom. The second kappa shape index (κ2) is 11.2. The lowest BCUT2D eigenvalue weighted by Gasteiger charge is -2.34. The molecule has 1 aromatic carbocycles. The number of rotatable bonds is 10. The van der Waals surface area contributed by atoms with Gasteiger partial charge in [0, 0.05) is 19.4 Å². The van der Waals surface area contributed by atoms with Crippen LogP contribution in [-0.2, 0) is 14.9 Å². The Bertz CT molecular complexity index is 1450. The van der Waals surface area contributed by atoms with Crippen molar-refractivity contribution >= 4 is 16.1 Å². The minimum absolute atomic E-state index is 0.0642. The van der Waals surface area contributed by atoms with Crippen LogP contribution in [0, 0.1) is 0 Å². The first-order valence-electron chi connectivity index (χ1n) is 11.2. The molecule has 0 amide bonds. The lowest BCUT2D eigenvalue weighted by atomic mass is 10.1. The standard InChI is InChI=1S/C24H26FN5O7S/c1-34-18-8-6-9-19(35-2)22(18)30-23(16-7-5-10-21(26-16)37-4)27-28-24(30)29-13-15(25)11-12-17(29)20(36-3)14-38(31,32)33/h5-13,17,20H,14H2,1-4H3,(H,31,32,33)/t17?,20-/m1/s1. The average molecular weight is 548 g/mol. The molecule has 2 atom stereocenters. The molecule has 1 N–H and O–H groups in total. The normalized spacial score (nSPS) is 16.2. The molecule has 0 spiro atoms. The molecule has 1 aliphatic heterocycles. The van der Waals surface area contributed by atoms with E-state index >= 15 is 0 Å². The number of anilines is 1. The Balaban J connectivity index is 2.00. The molecule has 3 aromatic rings. The number of hydrogen-bond acceptors (Lipinski definition) is 10. The Morgan fingerprint density at radius 2 is 1.71 bits per heavy atom. The van der Waals surface area contributed by atoms with E-state index in [1.807, 2.05) is 0 Å². The van der Waals surface area contributed by atoms with Crippen molar-refractivity contribution < 1.29 is 36.3 Å². The van der Waals surface area contributed by atoms with E-state index < -0.39 is 33.8 Å². The molecule has 14 heteroatoms. The smallest absolute Gasteiger partial charge is 0.267 e. The van der Waals surface area contributed by atoms with Gasteiger partial charge in [-0.1, -0.05) is 18.2 Å². The molecule has 1 aliphatic rings. The number of allylic oxidation sites excluding steroid dienone is 2. The van der Waals surface area contributed by atoms with Crippen LogP contribution < -0.4 is 19.1 Å². The highest BCUT2D eigenvalue weighted by Crippen LogP contribution is 2.39. The number of para-hydroxylation sites is 1. The van der Waals surface area contributed by atoms with E-state index in [2.05, 4.69) is 15.2 Å². The van der Waals surface area contributed by atoms with Crippen LogP contribution in [0.15, 0.2) is 60.6 Å². The Kier molecular flexibility index (Phi) is 7.94. The number of benzene rings is 1. The predicted octanol–water partition coefficient (Wildman–Crippen LogP) is 2.81. The molecule has 0 saturated heterocycles. The van der Waals surface area contributed by atoms with Crippen LogP contribution in [0.5, 0.6) is 17.4 Å². The van der Waals surface area contributed by atoms with Gasteiger partial charge in [-0.2, -0.15) is 8.42 Å². The van der Waals surface area contributed by atoms with E-state index in [4.69, 9.17) is 18.9 Å². The lowest BCUT2D eigenvalue weighted by Crippen LogP contribution is -2.46. The number of ether oxygens (including phenoxy) is 4. The highest BCUT2D eigenvalue weighted by molar-refractivity contribution is 7.85. The Labute approximate surface area is 218 Å². The summed E-state index contributed by atoms with van der Waals surface area (Å²) >= 11 is 0. The molecule has 38 heavy (non-hydrogen) atoms. The maximum atomic E-state index is 14.6. The summed E-state index contributed by atoms with van der Waals surface area (Å²) in [6.45, 7) is 0. The zero-order valence-electron chi connectivity index (χ0n) is 21.0. The number of nitrogens with zero attached hydrogens (tertiary/aromatic N) is 5. The number of pyridine rings is 1. The van der Waals surface area contributed by atoms with E-state index in [9.17, 15) is 17.4 Å². The van der Waals surface area contributed by atoms with Crippen LogP contribution in [0.2, 0.25) is 0 Å². The maximum absolute atomic E-state index is 14.6. The summed E-state index contributed by atoms with van der Waals surface area (Å²) in [7, 11) is 1.28. The maximum Gasteiger partial charge on any atom is 0.267 e. The van der Waals surface area contributed by atoms with Gasteiger partial charge in [-0.15, -0.1) is 10.2 Å². The molecule has 0 saturated carbocycles. The SMILES string of the molecule is COc1cccc(-c2nnc(N3C=C(F)C=CC3[C@@H](CS(=O)(=O)O)OC)n2-c2c(OC)cccc2OC)n1. The summed E-state index contributed by atoms with van der Waals surface area (Å²) in [5.74, 6) is -0.00932. The van der Waals surface area contributed by atoms with Crippen molar-refractivity contribution in [2.24, 2.45) is 0 Å². The second-order valence-electron chi connectivity index (χ2n) is 8.03. The van der Waals surface area contributed by atoms with Crippen LogP contribution >= 0.6 is 0 Å². The van der Waals surface area contributed by atoms with E-state index in [1.165, 1.54) is 45.5 Å². The molecule has 0 radical (unpaired) electrons. The predicted molar refractivity (Wildman–Crippen MR) is 136 cm³/mol. The molecule has 1 unspecified atom stereocenters. The first-order valence-corrected chi connectivity index (χ1v) is 12.8. The molecule has 0 aliphatic carbocycles. The van der Waals surface area contributed by atoms with Gasteiger partial charge in [0.25, 0.3) is 10.1 Å². The van der Waals surface area contributed by atoms with E-state index in [-0.39, 0.29) is 11.8 Å². The van der Waals surface area contributed by atoms with Gasteiger partial charge < -0.3 is 23.8 Å². The van der Waals surface area contributed by atoms with Crippen LogP contribution in [0.3, 0.4) is 0 Å². The van der Waals surface area contributed by atoms with E-state index in [0.717, 1.165) is 6.20 Å². The third-order valence-electron chi connectivity index (χ3n) is 5.76. The quantitative estimate of drug-likeness (QED) is 0.375. The van der Waals surface area contributed by atoms with Crippen LogP contribution in [0.25, 0.3) is 17.2 Å². The van der Waals surface area contributed by atoms with Gasteiger partial charge in [-0.05, 0) is 24.3 Å². The topological polar surface area (TPSA) is 138 Å². The third kappa shape index (κ3) is 5.46. The molecular formula is C24H26FN5O7S. The van der Waals surface area contributed by atoms with Crippen molar-refractivity contribution in [2.75, 3.05) is 39.1 Å². The highest BCUT2D eigenvalue weighted by atomic mass is 32.2. The second-order valence-corrected chi connectivity index (χ2v) is 9.53. The number of methoxy groups -OCH3 is 4. The number of halogens is 1. The van der Waals surface area contributed by atoms with Gasteiger partial charge in [0.15, 0.2) is 5.82 Å². The van der Waals surface area contributed by atoms with Gasteiger partial charge in [0.1, 0.15) is 34.5 Å². The Hall–Kier alpha value is -4.01. The third-order valence-corrected chi connectivity index (χ3v) is 6.51. The first kappa shape index (κ1) is 27.0. The van der Waals surface area contributed by atoms with Gasteiger partial charge in [0.2, 0.25) is 11.8 Å². The fourth-order valence-electron chi connectivity index (χ4n) is 4.07. The number of hydrogen-bond donors (Lipinski definition) is 1. The fraction of sp³-hybridized carbons (Fsp3) is 0.292.